The van der Waals surface area contributed by atoms with Crippen LogP contribution in [0.15, 0.2) is 30.3 Å². The first-order valence-electron chi connectivity index (χ1n) is 7.58. The van der Waals surface area contributed by atoms with Crippen molar-refractivity contribution in [2.75, 3.05) is 26.3 Å². The molecule has 24 heavy (non-hydrogen) atoms. The Morgan fingerprint density at radius 3 is 2.21 bits per heavy atom. The summed E-state index contributed by atoms with van der Waals surface area (Å²) in [6.45, 7) is 3.07. The van der Waals surface area contributed by atoms with E-state index in [2.05, 4.69) is 10.6 Å². The van der Waals surface area contributed by atoms with Crippen molar-refractivity contribution in [2.45, 2.75) is 19.6 Å². The molecule has 9 heteroatoms. The van der Waals surface area contributed by atoms with Crippen molar-refractivity contribution < 1.29 is 28.3 Å². The SMILES string of the molecule is CCOP(=O)(OCC)C(NCC(=O)NCC(=O)O)c1ccccc1. The van der Waals surface area contributed by atoms with Crippen LogP contribution in [-0.2, 0) is 23.2 Å². The van der Waals surface area contributed by atoms with Crippen molar-refractivity contribution in [1.82, 2.24) is 10.6 Å². The quantitative estimate of drug-likeness (QED) is 0.516. The minimum atomic E-state index is -3.55. The molecular weight excluding hydrogens is 335 g/mol. The van der Waals surface area contributed by atoms with E-state index in [-0.39, 0.29) is 19.8 Å². The van der Waals surface area contributed by atoms with Gasteiger partial charge in [-0.05, 0) is 19.4 Å². The van der Waals surface area contributed by atoms with Gasteiger partial charge < -0.3 is 19.5 Å². The van der Waals surface area contributed by atoms with E-state index in [1.54, 1.807) is 38.1 Å². The highest BCUT2D eigenvalue weighted by Crippen LogP contribution is 2.59. The number of carboxylic acids is 1. The number of carbonyl (C=O) groups excluding carboxylic acids is 1. The van der Waals surface area contributed by atoms with Crippen molar-refractivity contribution in [3.8, 4) is 0 Å². The fraction of sp³-hybridized carbons (Fsp3) is 0.467. The van der Waals surface area contributed by atoms with E-state index < -0.39 is 31.8 Å². The molecule has 0 bridgehead atoms. The zero-order valence-electron chi connectivity index (χ0n) is 13.7. The number of carboxylic acid groups (broad SMARTS) is 1. The summed E-state index contributed by atoms with van der Waals surface area (Å²) < 4.78 is 23.8. The van der Waals surface area contributed by atoms with Gasteiger partial charge in [0.1, 0.15) is 12.3 Å². The lowest BCUT2D eigenvalue weighted by Gasteiger charge is -2.27. The molecule has 1 amide bonds. The van der Waals surface area contributed by atoms with Crippen molar-refractivity contribution in [3.05, 3.63) is 35.9 Å². The van der Waals surface area contributed by atoms with Crippen molar-refractivity contribution >= 4 is 19.5 Å². The van der Waals surface area contributed by atoms with Gasteiger partial charge in [0.05, 0.1) is 19.8 Å². The van der Waals surface area contributed by atoms with Crippen LogP contribution in [0.2, 0.25) is 0 Å². The molecular formula is C15H23N2O6P. The van der Waals surface area contributed by atoms with Gasteiger partial charge in [-0.25, -0.2) is 0 Å². The van der Waals surface area contributed by atoms with Crippen LogP contribution >= 0.6 is 7.60 Å². The molecule has 0 radical (unpaired) electrons. The average Bonchev–Trinajstić information content (AvgIpc) is 2.54. The van der Waals surface area contributed by atoms with E-state index in [1.165, 1.54) is 0 Å². The molecule has 0 aliphatic carbocycles. The van der Waals surface area contributed by atoms with E-state index in [0.29, 0.717) is 5.56 Å². The minimum Gasteiger partial charge on any atom is -0.480 e. The normalized spacial score (nSPS) is 12.6. The molecule has 134 valence electrons. The zero-order valence-corrected chi connectivity index (χ0v) is 14.6. The van der Waals surface area contributed by atoms with Gasteiger partial charge in [0, 0.05) is 0 Å². The second-order valence-electron chi connectivity index (χ2n) is 4.74. The van der Waals surface area contributed by atoms with Crippen molar-refractivity contribution in [1.29, 1.82) is 0 Å². The van der Waals surface area contributed by atoms with Gasteiger partial charge >= 0.3 is 13.6 Å². The molecule has 1 aromatic rings. The fourth-order valence-electron chi connectivity index (χ4n) is 2.02. The molecule has 0 aliphatic heterocycles. The molecule has 3 N–H and O–H groups in total. The third-order valence-electron chi connectivity index (χ3n) is 2.94. The molecule has 1 atom stereocenters. The summed E-state index contributed by atoms with van der Waals surface area (Å²) in [5, 5.41) is 13.7. The Morgan fingerprint density at radius 2 is 1.71 bits per heavy atom. The first-order valence-corrected chi connectivity index (χ1v) is 9.19. The third kappa shape index (κ3) is 6.41. The van der Waals surface area contributed by atoms with E-state index in [4.69, 9.17) is 14.2 Å². The Kier molecular flexibility index (Phi) is 8.63. The number of amides is 1. The largest absolute Gasteiger partial charge is 0.480 e. The highest BCUT2D eigenvalue weighted by atomic mass is 31.2. The summed E-state index contributed by atoms with van der Waals surface area (Å²) in [6, 6.07) is 8.86. The van der Waals surface area contributed by atoms with E-state index in [0.717, 1.165) is 0 Å². The van der Waals surface area contributed by atoms with Crippen LogP contribution in [0, 0.1) is 0 Å². The molecule has 1 rings (SSSR count). The number of nitrogens with one attached hydrogen (secondary N) is 2. The Hall–Kier alpha value is -1.73. The summed E-state index contributed by atoms with van der Waals surface area (Å²) in [5.74, 6) is -2.51. The van der Waals surface area contributed by atoms with Crippen LogP contribution in [0.5, 0.6) is 0 Å². The summed E-state index contributed by atoms with van der Waals surface area (Å²) >= 11 is 0. The number of aliphatic carboxylic acids is 1. The first-order chi connectivity index (χ1) is 11.4. The summed E-state index contributed by atoms with van der Waals surface area (Å²) in [4.78, 5) is 22.2. The van der Waals surface area contributed by atoms with Crippen LogP contribution < -0.4 is 10.6 Å². The smallest absolute Gasteiger partial charge is 0.351 e. The minimum absolute atomic E-state index is 0.188. The Bertz CT molecular complexity index is 571. The van der Waals surface area contributed by atoms with E-state index in [1.807, 2.05) is 6.07 Å². The highest BCUT2D eigenvalue weighted by molar-refractivity contribution is 7.54. The first kappa shape index (κ1) is 20.3. The van der Waals surface area contributed by atoms with Crippen LogP contribution in [-0.4, -0.2) is 43.3 Å². The average molecular weight is 358 g/mol. The predicted molar refractivity (Wildman–Crippen MR) is 88.7 cm³/mol. The van der Waals surface area contributed by atoms with Gasteiger partial charge in [-0.3, -0.25) is 19.5 Å². The zero-order chi connectivity index (χ0) is 18.0. The lowest BCUT2D eigenvalue weighted by Crippen LogP contribution is -2.38. The maximum atomic E-state index is 13.1. The van der Waals surface area contributed by atoms with Gasteiger partial charge in [-0.15, -0.1) is 0 Å². The van der Waals surface area contributed by atoms with Crippen LogP contribution in [0.4, 0.5) is 0 Å². The molecule has 1 unspecified atom stereocenters. The van der Waals surface area contributed by atoms with Gasteiger partial charge in [0.15, 0.2) is 0 Å². The van der Waals surface area contributed by atoms with E-state index >= 15 is 0 Å². The second-order valence-corrected chi connectivity index (χ2v) is 6.85. The second kappa shape index (κ2) is 10.2. The number of hydrogen-bond acceptors (Lipinski definition) is 6. The predicted octanol–water partition coefficient (Wildman–Crippen LogP) is 1.74. The molecule has 0 heterocycles. The number of benzene rings is 1. The highest BCUT2D eigenvalue weighted by Gasteiger charge is 2.36. The summed E-state index contributed by atoms with van der Waals surface area (Å²) in [5.41, 5.74) is 0.647. The fourth-order valence-corrected chi connectivity index (χ4v) is 3.96. The lowest BCUT2D eigenvalue weighted by molar-refractivity contribution is -0.137. The molecule has 0 saturated heterocycles. The summed E-state index contributed by atoms with van der Waals surface area (Å²) in [7, 11) is -3.55. The lowest BCUT2D eigenvalue weighted by atomic mass is 10.2. The maximum absolute atomic E-state index is 13.1. The van der Waals surface area contributed by atoms with Crippen molar-refractivity contribution in [2.24, 2.45) is 0 Å². The van der Waals surface area contributed by atoms with Gasteiger partial charge in [-0.1, -0.05) is 30.3 Å². The van der Waals surface area contributed by atoms with Gasteiger partial charge in [-0.2, -0.15) is 0 Å². The molecule has 0 saturated carbocycles. The number of rotatable bonds is 11. The standard InChI is InChI=1S/C15H23N2O6P/c1-3-22-24(21,23-4-2)15(12-8-6-5-7-9-12)17-10-13(18)16-11-14(19)20/h5-9,15,17H,3-4,10-11H2,1-2H3,(H,16,18)(H,19,20). The molecule has 0 fully saturated rings. The summed E-state index contributed by atoms with van der Waals surface area (Å²) in [6.07, 6.45) is 0. The molecule has 0 spiro atoms. The van der Waals surface area contributed by atoms with Crippen LogP contribution in [0.25, 0.3) is 0 Å². The monoisotopic (exact) mass is 358 g/mol. The Morgan fingerprint density at radius 1 is 1.12 bits per heavy atom. The molecule has 8 nitrogen and oxygen atoms in total. The molecule has 0 aromatic heterocycles. The Balaban J connectivity index is 2.92. The topological polar surface area (TPSA) is 114 Å². The molecule has 0 aliphatic rings. The van der Waals surface area contributed by atoms with E-state index in [9.17, 15) is 14.2 Å². The van der Waals surface area contributed by atoms with Crippen molar-refractivity contribution in [3.63, 3.8) is 0 Å². The van der Waals surface area contributed by atoms with Crippen LogP contribution in [0.1, 0.15) is 25.2 Å². The van der Waals surface area contributed by atoms with Crippen LogP contribution in [0.3, 0.4) is 0 Å². The third-order valence-corrected chi connectivity index (χ3v) is 5.29. The van der Waals surface area contributed by atoms with Gasteiger partial charge in [0.2, 0.25) is 5.91 Å². The number of hydrogen-bond donors (Lipinski definition) is 3. The molecule has 1 aromatic carbocycles. The maximum Gasteiger partial charge on any atom is 0.351 e. The number of carbonyl (C=O) groups is 2. The van der Waals surface area contributed by atoms with Gasteiger partial charge in [0.25, 0.3) is 0 Å². The Labute approximate surface area is 141 Å².